The predicted molar refractivity (Wildman–Crippen MR) is 68.4 cm³/mol. The minimum atomic E-state index is -0.458. The van der Waals surface area contributed by atoms with Crippen LogP contribution < -0.4 is 5.32 Å². The highest BCUT2D eigenvalue weighted by Crippen LogP contribution is 2.25. The fourth-order valence-electron chi connectivity index (χ4n) is 1.64. The van der Waals surface area contributed by atoms with Crippen molar-refractivity contribution >= 4 is 23.1 Å². The lowest BCUT2D eigenvalue weighted by molar-refractivity contribution is 0.626. The van der Waals surface area contributed by atoms with Crippen molar-refractivity contribution in [3.05, 3.63) is 52.4 Å². The molecule has 0 unspecified atom stereocenters. The first kappa shape index (κ1) is 11.9. The summed E-state index contributed by atoms with van der Waals surface area (Å²) in [6.45, 7) is 3.92. The Morgan fingerprint density at radius 1 is 1.24 bits per heavy atom. The fraction of sp³-hybridized carbons (Fsp3) is 0.154. The third kappa shape index (κ3) is 2.56. The molecule has 1 aromatic carbocycles. The van der Waals surface area contributed by atoms with Crippen LogP contribution in [0.5, 0.6) is 0 Å². The van der Waals surface area contributed by atoms with Crippen molar-refractivity contribution < 1.29 is 4.39 Å². The second-order valence-corrected chi connectivity index (χ2v) is 4.31. The Morgan fingerprint density at radius 2 is 1.88 bits per heavy atom. The third-order valence-electron chi connectivity index (χ3n) is 2.53. The van der Waals surface area contributed by atoms with Crippen molar-refractivity contribution in [1.82, 2.24) is 4.98 Å². The monoisotopic (exact) mass is 250 g/mol. The maximum atomic E-state index is 13.6. The van der Waals surface area contributed by atoms with Gasteiger partial charge in [0.05, 0.1) is 5.02 Å². The van der Waals surface area contributed by atoms with Gasteiger partial charge >= 0.3 is 0 Å². The molecule has 0 fully saturated rings. The molecule has 4 heteroatoms. The quantitative estimate of drug-likeness (QED) is 0.863. The second-order valence-electron chi connectivity index (χ2n) is 3.88. The van der Waals surface area contributed by atoms with Gasteiger partial charge in [-0.05, 0) is 31.0 Å². The molecule has 1 N–H and O–H groups in total. The van der Waals surface area contributed by atoms with Crippen LogP contribution in [0.15, 0.2) is 30.5 Å². The average molecular weight is 251 g/mol. The number of hydrogen-bond donors (Lipinski definition) is 1. The zero-order chi connectivity index (χ0) is 12.4. The number of nitrogens with zero attached hydrogens (tertiary/aromatic N) is 1. The van der Waals surface area contributed by atoms with Gasteiger partial charge in [0.15, 0.2) is 11.6 Å². The second kappa shape index (κ2) is 4.72. The molecular formula is C13H12ClFN2. The van der Waals surface area contributed by atoms with E-state index in [1.165, 1.54) is 12.3 Å². The van der Waals surface area contributed by atoms with Gasteiger partial charge in [0.2, 0.25) is 0 Å². The number of para-hydroxylation sites is 1. The molecule has 0 atom stereocenters. The van der Waals surface area contributed by atoms with Gasteiger partial charge in [-0.15, -0.1) is 0 Å². The number of benzene rings is 1. The van der Waals surface area contributed by atoms with E-state index >= 15 is 0 Å². The average Bonchev–Trinajstić information content (AvgIpc) is 2.26. The lowest BCUT2D eigenvalue weighted by Gasteiger charge is -2.12. The van der Waals surface area contributed by atoms with E-state index in [4.69, 9.17) is 11.6 Å². The van der Waals surface area contributed by atoms with Gasteiger partial charge < -0.3 is 5.32 Å². The summed E-state index contributed by atoms with van der Waals surface area (Å²) >= 11 is 5.65. The van der Waals surface area contributed by atoms with Crippen LogP contribution in [0, 0.1) is 19.7 Å². The number of pyridine rings is 1. The summed E-state index contributed by atoms with van der Waals surface area (Å²) in [4.78, 5) is 3.94. The Bertz CT molecular complexity index is 535. The number of nitrogens with one attached hydrogen (secondary N) is 1. The van der Waals surface area contributed by atoms with E-state index in [-0.39, 0.29) is 10.8 Å². The number of anilines is 2. The molecule has 0 aliphatic heterocycles. The summed E-state index contributed by atoms with van der Waals surface area (Å²) in [5, 5.41) is 3.28. The molecule has 0 radical (unpaired) electrons. The Kier molecular flexibility index (Phi) is 3.29. The Balaban J connectivity index is 2.38. The summed E-state index contributed by atoms with van der Waals surface area (Å²) in [6, 6.07) is 7.12. The third-order valence-corrected chi connectivity index (χ3v) is 2.74. The van der Waals surface area contributed by atoms with Crippen molar-refractivity contribution in [2.75, 3.05) is 5.32 Å². The first-order chi connectivity index (χ1) is 8.08. The van der Waals surface area contributed by atoms with Crippen molar-refractivity contribution in [2.45, 2.75) is 13.8 Å². The molecule has 2 rings (SSSR count). The van der Waals surface area contributed by atoms with Crippen LogP contribution in [0.3, 0.4) is 0 Å². The van der Waals surface area contributed by atoms with Crippen LogP contribution in [0.2, 0.25) is 5.02 Å². The lowest BCUT2D eigenvalue weighted by Crippen LogP contribution is -2.00. The molecule has 0 aliphatic carbocycles. The van der Waals surface area contributed by atoms with Gasteiger partial charge in [0.1, 0.15) is 0 Å². The Hall–Kier alpha value is -1.61. The standard InChI is InChI=1S/C13H12ClFN2/c1-8-4-3-5-9(2)12(8)17-13-11(15)6-10(14)7-16-13/h3-7H,1-2H3,(H,16,17). The number of rotatable bonds is 2. The molecule has 0 aliphatic rings. The molecule has 0 spiro atoms. The molecule has 0 saturated heterocycles. The smallest absolute Gasteiger partial charge is 0.167 e. The number of hydrogen-bond acceptors (Lipinski definition) is 2. The first-order valence-corrected chi connectivity index (χ1v) is 5.60. The Labute approximate surface area is 104 Å². The molecule has 2 aromatic rings. The summed E-state index contributed by atoms with van der Waals surface area (Å²) in [7, 11) is 0. The van der Waals surface area contributed by atoms with Gasteiger partial charge in [-0.25, -0.2) is 9.37 Å². The molecule has 0 amide bonds. The summed E-state index contributed by atoms with van der Waals surface area (Å²) < 4.78 is 13.6. The van der Waals surface area contributed by atoms with Gasteiger partial charge in [-0.3, -0.25) is 0 Å². The minimum absolute atomic E-state index is 0.187. The maximum absolute atomic E-state index is 13.6. The zero-order valence-corrected chi connectivity index (χ0v) is 10.3. The highest BCUT2D eigenvalue weighted by molar-refractivity contribution is 6.30. The van der Waals surface area contributed by atoms with Gasteiger partial charge in [-0.1, -0.05) is 29.8 Å². The van der Waals surface area contributed by atoms with E-state index in [0.29, 0.717) is 0 Å². The molecule has 0 saturated carbocycles. The zero-order valence-electron chi connectivity index (χ0n) is 9.59. The van der Waals surface area contributed by atoms with E-state index in [2.05, 4.69) is 10.3 Å². The number of aromatic nitrogens is 1. The molecular weight excluding hydrogens is 239 g/mol. The van der Waals surface area contributed by atoms with Crippen LogP contribution in [-0.2, 0) is 0 Å². The van der Waals surface area contributed by atoms with Gasteiger partial charge in [0.25, 0.3) is 0 Å². The highest BCUT2D eigenvalue weighted by atomic mass is 35.5. The first-order valence-electron chi connectivity index (χ1n) is 5.22. The topological polar surface area (TPSA) is 24.9 Å². The van der Waals surface area contributed by atoms with E-state index in [0.717, 1.165) is 16.8 Å². The van der Waals surface area contributed by atoms with E-state index in [1.54, 1.807) is 0 Å². The van der Waals surface area contributed by atoms with E-state index < -0.39 is 5.82 Å². The van der Waals surface area contributed by atoms with Crippen LogP contribution >= 0.6 is 11.6 Å². The van der Waals surface area contributed by atoms with Crippen molar-refractivity contribution in [1.29, 1.82) is 0 Å². The van der Waals surface area contributed by atoms with Crippen LogP contribution in [0.25, 0.3) is 0 Å². The molecule has 88 valence electrons. The van der Waals surface area contributed by atoms with Gasteiger partial charge in [-0.2, -0.15) is 0 Å². The summed E-state index contributed by atoms with van der Waals surface area (Å²) in [5.74, 6) is -0.271. The van der Waals surface area contributed by atoms with Crippen LogP contribution in [0.1, 0.15) is 11.1 Å². The van der Waals surface area contributed by atoms with Crippen LogP contribution in [0.4, 0.5) is 15.9 Å². The molecule has 1 aromatic heterocycles. The normalized spacial score (nSPS) is 10.4. The minimum Gasteiger partial charge on any atom is -0.337 e. The number of halogens is 2. The summed E-state index contributed by atoms with van der Waals surface area (Å²) in [6.07, 6.45) is 1.42. The fourth-order valence-corrected chi connectivity index (χ4v) is 1.78. The SMILES string of the molecule is Cc1cccc(C)c1Nc1ncc(Cl)cc1F. The maximum Gasteiger partial charge on any atom is 0.167 e. The van der Waals surface area contributed by atoms with E-state index in [1.807, 2.05) is 32.0 Å². The molecule has 17 heavy (non-hydrogen) atoms. The Morgan fingerprint density at radius 3 is 2.47 bits per heavy atom. The summed E-state index contributed by atoms with van der Waals surface area (Å²) in [5.41, 5.74) is 2.96. The highest BCUT2D eigenvalue weighted by Gasteiger charge is 2.08. The van der Waals surface area contributed by atoms with Crippen LogP contribution in [-0.4, -0.2) is 4.98 Å². The number of aryl methyl sites for hydroxylation is 2. The van der Waals surface area contributed by atoms with Crippen molar-refractivity contribution in [3.63, 3.8) is 0 Å². The molecule has 1 heterocycles. The van der Waals surface area contributed by atoms with Crippen molar-refractivity contribution in [3.8, 4) is 0 Å². The largest absolute Gasteiger partial charge is 0.337 e. The molecule has 0 bridgehead atoms. The van der Waals surface area contributed by atoms with Gasteiger partial charge in [0, 0.05) is 11.9 Å². The predicted octanol–water partition coefficient (Wildman–Crippen LogP) is 4.23. The lowest BCUT2D eigenvalue weighted by atomic mass is 10.1. The molecule has 2 nitrogen and oxygen atoms in total. The van der Waals surface area contributed by atoms with E-state index in [9.17, 15) is 4.39 Å². The van der Waals surface area contributed by atoms with Crippen molar-refractivity contribution in [2.24, 2.45) is 0 Å².